The Morgan fingerprint density at radius 3 is 2.63 bits per heavy atom. The lowest BCUT2D eigenvalue weighted by molar-refractivity contribution is 0.00228. The fourth-order valence-electron chi connectivity index (χ4n) is 5.74. The van der Waals surface area contributed by atoms with Gasteiger partial charge in [0.1, 0.15) is 23.1 Å². The highest BCUT2D eigenvalue weighted by molar-refractivity contribution is 6.30. The number of aliphatic hydroxyl groups is 1. The third-order valence-electron chi connectivity index (χ3n) is 7.94. The van der Waals surface area contributed by atoms with E-state index in [0.717, 1.165) is 49.2 Å². The van der Waals surface area contributed by atoms with E-state index in [1.54, 1.807) is 6.07 Å². The van der Waals surface area contributed by atoms with E-state index in [0.29, 0.717) is 41.3 Å². The second-order valence-electron chi connectivity index (χ2n) is 10.6. The summed E-state index contributed by atoms with van der Waals surface area (Å²) in [6.07, 6.45) is 5.40. The average molecular weight is 539 g/mol. The van der Waals surface area contributed by atoms with Crippen LogP contribution in [-0.2, 0) is 11.3 Å². The fraction of sp³-hybridized carbons (Fsp3) is 0.519. The summed E-state index contributed by atoms with van der Waals surface area (Å²) >= 11 is 6.38. The van der Waals surface area contributed by atoms with Crippen LogP contribution in [0.3, 0.4) is 0 Å². The number of hydrogen-bond donors (Lipinski definition) is 2. The Kier molecular flexibility index (Phi) is 7.03. The zero-order valence-corrected chi connectivity index (χ0v) is 22.0. The van der Waals surface area contributed by atoms with Crippen LogP contribution in [0, 0.1) is 17.8 Å². The lowest BCUT2D eigenvalue weighted by Crippen LogP contribution is -2.26. The summed E-state index contributed by atoms with van der Waals surface area (Å²) in [7, 11) is 0. The van der Waals surface area contributed by atoms with Crippen LogP contribution in [0.5, 0.6) is 0 Å². The molecule has 2 fully saturated rings. The van der Waals surface area contributed by atoms with Gasteiger partial charge in [0.2, 0.25) is 11.6 Å². The first kappa shape index (κ1) is 25.2. The molecule has 3 aromatic heterocycles. The normalized spacial score (nSPS) is 21.7. The van der Waals surface area contributed by atoms with Crippen LogP contribution in [0.25, 0.3) is 34.1 Å². The highest BCUT2D eigenvalue weighted by Gasteiger charge is 2.32. The Labute approximate surface area is 224 Å². The maximum Gasteiger partial charge on any atom is 0.439 e. The molecule has 2 aliphatic rings. The quantitative estimate of drug-likeness (QED) is 0.358. The van der Waals surface area contributed by atoms with E-state index in [9.17, 15) is 9.90 Å². The van der Waals surface area contributed by atoms with Crippen LogP contribution in [0.2, 0.25) is 5.02 Å². The van der Waals surface area contributed by atoms with Gasteiger partial charge in [-0.2, -0.15) is 0 Å². The number of nitrogens with one attached hydrogen (secondary N) is 1. The van der Waals surface area contributed by atoms with E-state index >= 15 is 0 Å². The SMILES string of the molecule is CC1CCC(Cn2c(C(O)C3CCOCC3)nc3nc(-c4noc(=O)[nH]4)nc(-c4cccc(Cl)c4)c32)CC1. The fourth-order valence-corrected chi connectivity index (χ4v) is 5.94. The van der Waals surface area contributed by atoms with Crippen molar-refractivity contribution in [3.8, 4) is 22.9 Å². The molecule has 1 unspecified atom stereocenters. The lowest BCUT2D eigenvalue weighted by Gasteiger charge is -2.30. The van der Waals surface area contributed by atoms with Crippen molar-refractivity contribution in [1.29, 1.82) is 0 Å². The molecule has 1 aliphatic heterocycles. The molecule has 1 saturated carbocycles. The highest BCUT2D eigenvalue weighted by Crippen LogP contribution is 2.38. The minimum atomic E-state index is -0.766. The summed E-state index contributed by atoms with van der Waals surface area (Å²) in [5, 5.41) is 16.0. The summed E-state index contributed by atoms with van der Waals surface area (Å²) in [6.45, 7) is 4.28. The van der Waals surface area contributed by atoms with Gasteiger partial charge >= 0.3 is 5.76 Å². The number of nitrogens with zero attached hydrogens (tertiary/aromatic N) is 5. The topological polar surface area (TPSA) is 132 Å². The standard InChI is InChI=1S/C27H31ClN6O4/c1-15-5-7-16(8-6-15)14-34-21-20(18-3-2-4-19(28)13-18)29-24(25-32-27(36)38-33-25)30-23(21)31-26(34)22(35)17-9-11-37-12-10-17/h2-4,13,15-17,22,35H,5-12,14H2,1H3,(H,32,33,36). The Morgan fingerprint density at radius 1 is 1.13 bits per heavy atom. The van der Waals surface area contributed by atoms with Crippen molar-refractivity contribution in [3.05, 3.63) is 45.7 Å². The first-order valence-corrected chi connectivity index (χ1v) is 13.7. The van der Waals surface area contributed by atoms with Crippen molar-refractivity contribution >= 4 is 22.8 Å². The largest absolute Gasteiger partial charge is 0.439 e. The molecular formula is C27H31ClN6O4. The zero-order valence-electron chi connectivity index (χ0n) is 21.3. The maximum absolute atomic E-state index is 11.7. The number of imidazole rings is 1. The third-order valence-corrected chi connectivity index (χ3v) is 8.17. The van der Waals surface area contributed by atoms with Crippen molar-refractivity contribution in [2.24, 2.45) is 17.8 Å². The number of halogens is 1. The van der Waals surface area contributed by atoms with Gasteiger partial charge in [0.25, 0.3) is 0 Å². The monoisotopic (exact) mass is 538 g/mol. The van der Waals surface area contributed by atoms with Gasteiger partial charge in [-0.1, -0.05) is 48.7 Å². The second kappa shape index (κ2) is 10.6. The van der Waals surface area contributed by atoms with E-state index in [4.69, 9.17) is 30.8 Å². The first-order chi connectivity index (χ1) is 18.5. The number of aromatic amines is 1. The number of aromatic nitrogens is 6. The summed E-state index contributed by atoms with van der Waals surface area (Å²) in [6, 6.07) is 7.44. The van der Waals surface area contributed by atoms with Gasteiger partial charge in [0, 0.05) is 30.3 Å². The Bertz CT molecular complexity index is 1480. The molecule has 0 amide bonds. The van der Waals surface area contributed by atoms with E-state index in [2.05, 4.69) is 26.6 Å². The van der Waals surface area contributed by atoms with Gasteiger partial charge in [-0.25, -0.2) is 19.7 Å². The van der Waals surface area contributed by atoms with E-state index in [-0.39, 0.29) is 17.6 Å². The summed E-state index contributed by atoms with van der Waals surface area (Å²) in [5.74, 6) is 1.43. The smallest absolute Gasteiger partial charge is 0.385 e. The molecule has 38 heavy (non-hydrogen) atoms. The van der Waals surface area contributed by atoms with Gasteiger partial charge < -0.3 is 14.4 Å². The van der Waals surface area contributed by atoms with Gasteiger partial charge in [-0.3, -0.25) is 9.51 Å². The molecule has 11 heteroatoms. The first-order valence-electron chi connectivity index (χ1n) is 13.3. The molecule has 1 aliphatic carbocycles. The molecule has 1 atom stereocenters. The minimum absolute atomic E-state index is 0.0413. The molecule has 1 aromatic carbocycles. The molecule has 4 aromatic rings. The van der Waals surface area contributed by atoms with Gasteiger partial charge in [0.15, 0.2) is 5.65 Å². The van der Waals surface area contributed by atoms with Gasteiger partial charge in [-0.05, 0) is 55.6 Å². The molecular weight excluding hydrogens is 508 g/mol. The Hall–Kier alpha value is -3.08. The molecule has 2 N–H and O–H groups in total. The van der Waals surface area contributed by atoms with Crippen LogP contribution >= 0.6 is 11.6 Å². The Balaban J connectivity index is 1.55. The van der Waals surface area contributed by atoms with E-state index in [1.165, 1.54) is 12.8 Å². The van der Waals surface area contributed by atoms with E-state index < -0.39 is 11.9 Å². The molecule has 0 radical (unpaired) electrons. The second-order valence-corrected chi connectivity index (χ2v) is 11.1. The van der Waals surface area contributed by atoms with Crippen molar-refractivity contribution in [2.45, 2.75) is 58.1 Å². The number of rotatable bonds is 6. The molecule has 200 valence electrons. The summed E-state index contributed by atoms with van der Waals surface area (Å²) in [5.41, 5.74) is 2.56. The third kappa shape index (κ3) is 5.00. The van der Waals surface area contributed by atoms with Crippen LogP contribution in [-0.4, -0.2) is 48.0 Å². The van der Waals surface area contributed by atoms with Crippen LogP contribution in [0.1, 0.15) is 57.4 Å². The van der Waals surface area contributed by atoms with Crippen LogP contribution < -0.4 is 5.76 Å². The predicted octanol–water partition coefficient (Wildman–Crippen LogP) is 4.78. The molecule has 10 nitrogen and oxygen atoms in total. The predicted molar refractivity (Wildman–Crippen MR) is 142 cm³/mol. The summed E-state index contributed by atoms with van der Waals surface area (Å²) in [4.78, 5) is 28.6. The van der Waals surface area contributed by atoms with Crippen LogP contribution in [0.4, 0.5) is 0 Å². The van der Waals surface area contributed by atoms with E-state index in [1.807, 2.05) is 18.2 Å². The number of hydrogen-bond acceptors (Lipinski definition) is 8. The molecule has 6 rings (SSSR count). The zero-order chi connectivity index (χ0) is 26.2. The molecule has 1 saturated heterocycles. The maximum atomic E-state index is 11.7. The van der Waals surface area contributed by atoms with Crippen molar-refractivity contribution in [3.63, 3.8) is 0 Å². The van der Waals surface area contributed by atoms with Gasteiger partial charge in [0.05, 0.1) is 0 Å². The Morgan fingerprint density at radius 2 is 1.92 bits per heavy atom. The van der Waals surface area contributed by atoms with Crippen LogP contribution in [0.15, 0.2) is 33.6 Å². The van der Waals surface area contributed by atoms with Gasteiger partial charge in [-0.15, -0.1) is 0 Å². The number of fused-ring (bicyclic) bond motifs is 1. The van der Waals surface area contributed by atoms with Crippen molar-refractivity contribution in [2.75, 3.05) is 13.2 Å². The number of aliphatic hydroxyl groups excluding tert-OH is 1. The lowest BCUT2D eigenvalue weighted by atomic mass is 9.83. The molecule has 4 heterocycles. The number of H-pyrrole nitrogens is 1. The number of benzene rings is 1. The average Bonchev–Trinajstić information content (AvgIpc) is 3.53. The molecule has 0 bridgehead atoms. The highest BCUT2D eigenvalue weighted by atomic mass is 35.5. The minimum Gasteiger partial charge on any atom is -0.385 e. The summed E-state index contributed by atoms with van der Waals surface area (Å²) < 4.78 is 12.4. The number of ether oxygens (including phenoxy) is 1. The van der Waals surface area contributed by atoms with Crippen molar-refractivity contribution < 1.29 is 14.4 Å². The molecule has 0 spiro atoms. The van der Waals surface area contributed by atoms with Crippen molar-refractivity contribution in [1.82, 2.24) is 29.7 Å².